The van der Waals surface area contributed by atoms with E-state index in [0.29, 0.717) is 54.4 Å². The van der Waals surface area contributed by atoms with Crippen molar-refractivity contribution in [1.29, 1.82) is 0 Å². The average Bonchev–Trinajstić information content (AvgIpc) is 0.837. The van der Waals surface area contributed by atoms with Gasteiger partial charge in [0.1, 0.15) is 22.6 Å². The first kappa shape index (κ1) is 64.3. The standard InChI is InChI=1S/C65H78ClF3N10O7S3/c1-64(2)27-23-54(45-11-15-49(66)16-12-45)48(39-64)41-77-33-36-79-51(42-77)17-13-46-37-47(14-21-57(46)79)62(81)74-89(85,86)53-18-19-55(58(38-53)88(83,84)65(67,68)69)70-50(43-87-52-7-4-3-5-8-52)26-30-75-28-24-44(25-29-75)40-76-31-34-78(35-32-76)60-10-6-9-59(72-60)71-56-20-22-61(80)73-63(56)82/h3-12,14-16,18-19,21,37-38,44,50-51,56,70H,13,17,20,22-36,39-43H2,1-2H3,(H,71,72)(H,74,81)(H,73,80,82)/t50-,51?,56?/m1/s1. The summed E-state index contributed by atoms with van der Waals surface area (Å²) in [6, 6.07) is 30.0. The van der Waals surface area contributed by atoms with E-state index < -0.39 is 58.8 Å². The van der Waals surface area contributed by atoms with Crippen molar-refractivity contribution >= 4 is 89.5 Å². The van der Waals surface area contributed by atoms with Gasteiger partial charge >= 0.3 is 5.51 Å². The fraction of sp³-hybridized carbons (Fsp3) is 0.477. The van der Waals surface area contributed by atoms with Gasteiger partial charge in [0, 0.05) is 111 Å². The number of rotatable bonds is 20. The molecule has 1 aliphatic carbocycles. The van der Waals surface area contributed by atoms with Crippen LogP contribution in [0, 0.1) is 11.3 Å². The number of pyridine rings is 1. The summed E-state index contributed by atoms with van der Waals surface area (Å²) < 4.78 is 101. The monoisotopic (exact) mass is 1300 g/mol. The van der Waals surface area contributed by atoms with Crippen LogP contribution >= 0.6 is 23.4 Å². The number of carbonyl (C=O) groups excluding carboxylic acids is 3. The number of allylic oxidation sites excluding steroid dienone is 1. The van der Waals surface area contributed by atoms with Crippen LogP contribution in [0.15, 0.2) is 129 Å². The molecule has 17 nitrogen and oxygen atoms in total. The van der Waals surface area contributed by atoms with Gasteiger partial charge in [-0.3, -0.25) is 29.5 Å². The van der Waals surface area contributed by atoms with E-state index in [-0.39, 0.29) is 35.3 Å². The molecule has 5 aliphatic heterocycles. The molecule has 89 heavy (non-hydrogen) atoms. The zero-order chi connectivity index (χ0) is 62.7. The van der Waals surface area contributed by atoms with Gasteiger partial charge in [0.15, 0.2) is 0 Å². The highest BCUT2D eigenvalue weighted by Crippen LogP contribution is 2.44. The van der Waals surface area contributed by atoms with Crippen molar-refractivity contribution in [2.45, 2.75) is 116 Å². The fourth-order valence-electron chi connectivity index (χ4n) is 13.4. The third-order valence-electron chi connectivity index (χ3n) is 18.4. The number of aryl methyl sites for hydroxylation is 1. The van der Waals surface area contributed by atoms with Crippen LogP contribution in [0.2, 0.25) is 5.02 Å². The number of fused-ring (bicyclic) bond motifs is 3. The van der Waals surface area contributed by atoms with Gasteiger partial charge in [-0.15, -0.1) is 11.8 Å². The number of sulfone groups is 1. The first-order valence-electron chi connectivity index (χ1n) is 30.9. The van der Waals surface area contributed by atoms with Crippen LogP contribution in [0.25, 0.3) is 5.57 Å². The summed E-state index contributed by atoms with van der Waals surface area (Å²) in [5.74, 6) is 0.592. The fourth-order valence-corrected chi connectivity index (χ4v) is 16.6. The molecule has 4 N–H and O–H groups in total. The Morgan fingerprint density at radius 2 is 1.56 bits per heavy atom. The summed E-state index contributed by atoms with van der Waals surface area (Å²) in [5.41, 5.74) is 0.0142. The number of alkyl halides is 3. The summed E-state index contributed by atoms with van der Waals surface area (Å²) in [7, 11) is -11.0. The molecule has 5 aromatic rings. The Morgan fingerprint density at radius 1 is 0.809 bits per heavy atom. The SMILES string of the molecule is CC1(C)CCC(c2ccc(Cl)cc2)=C(CN2CCN3c4ccc(C(=O)NS(=O)(=O)c5ccc(N[C@H](CCN6CCC(CN7CCN(c8cccc(NC9CCC(=O)NC9=O)n8)CC7)CC6)CSc6ccccc6)c(S(=O)(=O)C(F)(F)F)c5)cc4CCC3C2)C1. The second-order valence-electron chi connectivity index (χ2n) is 25.3. The lowest BCUT2D eigenvalue weighted by atomic mass is 9.72. The Morgan fingerprint density at radius 3 is 2.30 bits per heavy atom. The third kappa shape index (κ3) is 15.8. The second-order valence-corrected chi connectivity index (χ2v) is 30.4. The van der Waals surface area contributed by atoms with Gasteiger partial charge in [0.05, 0.1) is 10.6 Å². The number of nitrogens with zero attached hydrogens (tertiary/aromatic N) is 6. The molecule has 0 radical (unpaired) electrons. The molecule has 6 aliphatic rings. The second kappa shape index (κ2) is 27.3. The molecule has 24 heteroatoms. The summed E-state index contributed by atoms with van der Waals surface area (Å²) in [5, 5.41) is 9.36. The number of benzene rings is 4. The van der Waals surface area contributed by atoms with Crippen LogP contribution in [0.1, 0.15) is 93.1 Å². The van der Waals surface area contributed by atoms with Gasteiger partial charge in [-0.1, -0.05) is 67.4 Å². The van der Waals surface area contributed by atoms with Gasteiger partial charge in [0.25, 0.3) is 25.8 Å². The normalized spacial score (nSPS) is 21.2. The van der Waals surface area contributed by atoms with Crippen molar-refractivity contribution in [2.75, 3.05) is 105 Å². The van der Waals surface area contributed by atoms with E-state index in [1.165, 1.54) is 28.5 Å². The lowest BCUT2D eigenvalue weighted by Gasteiger charge is -2.47. The Hall–Kier alpha value is -6.21. The van der Waals surface area contributed by atoms with Crippen molar-refractivity contribution in [3.05, 3.63) is 136 Å². The van der Waals surface area contributed by atoms with E-state index in [0.717, 1.165) is 145 Å². The Balaban J connectivity index is 0.706. The first-order chi connectivity index (χ1) is 42.5. The molecule has 6 heterocycles. The Kier molecular flexibility index (Phi) is 19.7. The molecule has 3 amide bonds. The van der Waals surface area contributed by atoms with E-state index in [4.69, 9.17) is 16.6 Å². The Bertz CT molecular complexity index is 3660. The predicted octanol–water partition coefficient (Wildman–Crippen LogP) is 9.96. The lowest BCUT2D eigenvalue weighted by Crippen LogP contribution is -2.55. The van der Waals surface area contributed by atoms with Gasteiger partial charge in [-0.2, -0.15) is 13.2 Å². The van der Waals surface area contributed by atoms with E-state index in [9.17, 15) is 44.4 Å². The van der Waals surface area contributed by atoms with Gasteiger partial charge in [-0.05, 0) is 172 Å². The maximum atomic E-state index is 14.6. The van der Waals surface area contributed by atoms with Crippen molar-refractivity contribution < 1.29 is 44.4 Å². The molecule has 3 atom stereocenters. The number of nitrogens with one attached hydrogen (secondary N) is 4. The number of thioether (sulfide) groups is 1. The van der Waals surface area contributed by atoms with E-state index in [2.05, 4.69) is 66.4 Å². The van der Waals surface area contributed by atoms with Crippen molar-refractivity contribution in [2.24, 2.45) is 11.3 Å². The van der Waals surface area contributed by atoms with Crippen molar-refractivity contribution in [3.63, 3.8) is 0 Å². The number of amides is 3. The largest absolute Gasteiger partial charge is 0.501 e. The summed E-state index contributed by atoms with van der Waals surface area (Å²) in [4.78, 5) is 53.3. The first-order valence-corrected chi connectivity index (χ1v) is 35.2. The summed E-state index contributed by atoms with van der Waals surface area (Å²) in [6.07, 6.45) is 7.63. The smallest absolute Gasteiger partial charge is 0.380 e. The minimum absolute atomic E-state index is 0.0474. The van der Waals surface area contributed by atoms with Crippen LogP contribution in [0.3, 0.4) is 0 Å². The highest BCUT2D eigenvalue weighted by atomic mass is 35.5. The van der Waals surface area contributed by atoms with E-state index in [1.54, 1.807) is 12.1 Å². The number of likely N-dealkylation sites (tertiary alicyclic amines) is 1. The van der Waals surface area contributed by atoms with Crippen LogP contribution in [0.5, 0.6) is 0 Å². The number of imide groups is 1. The number of piperidine rings is 2. The van der Waals surface area contributed by atoms with Gasteiger partial charge < -0.3 is 25.3 Å². The van der Waals surface area contributed by atoms with E-state index >= 15 is 0 Å². The minimum atomic E-state index is -6.12. The van der Waals surface area contributed by atoms with E-state index in [1.807, 2.05) is 71.5 Å². The van der Waals surface area contributed by atoms with Gasteiger partial charge in [0.2, 0.25) is 11.8 Å². The number of halogens is 4. The minimum Gasteiger partial charge on any atom is -0.380 e. The number of anilines is 4. The topological polar surface area (TPSA) is 197 Å². The number of sulfonamides is 1. The third-order valence-corrected chi connectivity index (χ3v) is 22.7. The molecule has 1 aromatic heterocycles. The molecule has 476 valence electrons. The molecular formula is C65H78ClF3N10O7S3. The molecule has 4 saturated heterocycles. The molecule has 0 spiro atoms. The highest BCUT2D eigenvalue weighted by molar-refractivity contribution is 7.99. The summed E-state index contributed by atoms with van der Waals surface area (Å²) >= 11 is 7.72. The molecule has 0 bridgehead atoms. The number of aromatic nitrogens is 1. The number of piperazine rings is 2. The zero-order valence-corrected chi connectivity index (χ0v) is 53.4. The van der Waals surface area contributed by atoms with Crippen molar-refractivity contribution in [3.8, 4) is 0 Å². The van der Waals surface area contributed by atoms with Gasteiger partial charge in [-0.25, -0.2) is 26.5 Å². The predicted molar refractivity (Wildman–Crippen MR) is 344 cm³/mol. The van der Waals surface area contributed by atoms with Crippen LogP contribution < -0.4 is 30.5 Å². The molecule has 11 rings (SSSR count). The summed E-state index contributed by atoms with van der Waals surface area (Å²) in [6.45, 7) is 14.4. The number of hydrogen-bond donors (Lipinski definition) is 4. The number of carbonyl (C=O) groups is 3. The maximum absolute atomic E-state index is 14.6. The quantitative estimate of drug-likeness (QED) is 0.0424. The molecule has 4 fully saturated rings. The number of hydrogen-bond acceptors (Lipinski definition) is 16. The molecule has 4 aromatic carbocycles. The lowest BCUT2D eigenvalue weighted by molar-refractivity contribution is -0.133. The average molecular weight is 1300 g/mol. The maximum Gasteiger partial charge on any atom is 0.501 e. The highest BCUT2D eigenvalue weighted by Gasteiger charge is 2.49. The zero-order valence-electron chi connectivity index (χ0n) is 50.2. The Labute approximate surface area is 529 Å². The van der Waals surface area contributed by atoms with Crippen molar-refractivity contribution in [1.82, 2.24) is 29.7 Å². The molecule has 0 saturated carbocycles. The molecule has 2 unspecified atom stereocenters. The van der Waals surface area contributed by atoms with Crippen LogP contribution in [0.4, 0.5) is 36.2 Å². The van der Waals surface area contributed by atoms with Crippen LogP contribution in [-0.4, -0.2) is 162 Å². The molecular weight excluding hydrogens is 1220 g/mol. The van der Waals surface area contributed by atoms with Crippen LogP contribution in [-0.2, 0) is 35.9 Å².